The van der Waals surface area contributed by atoms with Crippen LogP contribution in [0.3, 0.4) is 0 Å². The Morgan fingerprint density at radius 2 is 1.82 bits per heavy atom. The molecule has 2 amide bonds. The van der Waals surface area contributed by atoms with Crippen LogP contribution >= 0.6 is 0 Å². The van der Waals surface area contributed by atoms with E-state index in [1.165, 1.54) is 5.56 Å². The molecule has 146 valence electrons. The van der Waals surface area contributed by atoms with Crippen LogP contribution in [0.4, 0.5) is 11.4 Å². The number of ether oxygens (including phenoxy) is 1. The smallest absolute Gasteiger partial charge is 0.340 e. The minimum atomic E-state index is -0.624. The van der Waals surface area contributed by atoms with Gasteiger partial charge in [-0.05, 0) is 42.2 Å². The summed E-state index contributed by atoms with van der Waals surface area (Å²) >= 11 is 0. The van der Waals surface area contributed by atoms with Crippen LogP contribution in [-0.2, 0) is 14.3 Å². The van der Waals surface area contributed by atoms with Crippen LogP contribution in [0.5, 0.6) is 0 Å². The quantitative estimate of drug-likeness (QED) is 0.775. The Balaban J connectivity index is 1.60. The van der Waals surface area contributed by atoms with Crippen LogP contribution in [0.1, 0.15) is 48.5 Å². The van der Waals surface area contributed by atoms with E-state index in [2.05, 4.69) is 19.2 Å². The number of nitrogens with one attached hydrogen (secondary N) is 1. The molecule has 0 bridgehead atoms. The van der Waals surface area contributed by atoms with E-state index in [0.29, 0.717) is 30.3 Å². The van der Waals surface area contributed by atoms with E-state index in [9.17, 15) is 14.4 Å². The highest BCUT2D eigenvalue weighted by molar-refractivity contribution is 6.04. The average Bonchev–Trinajstić information content (AvgIpc) is 3.12. The monoisotopic (exact) mass is 380 g/mol. The molecule has 6 heteroatoms. The van der Waals surface area contributed by atoms with Crippen molar-refractivity contribution in [2.24, 2.45) is 0 Å². The van der Waals surface area contributed by atoms with Crippen LogP contribution in [0, 0.1) is 0 Å². The third kappa shape index (κ3) is 4.57. The molecule has 28 heavy (non-hydrogen) atoms. The van der Waals surface area contributed by atoms with Gasteiger partial charge >= 0.3 is 5.97 Å². The zero-order valence-corrected chi connectivity index (χ0v) is 16.1. The van der Waals surface area contributed by atoms with E-state index >= 15 is 0 Å². The normalized spacial score (nSPS) is 13.7. The molecule has 1 aliphatic rings. The van der Waals surface area contributed by atoms with Crippen molar-refractivity contribution >= 4 is 29.2 Å². The predicted molar refractivity (Wildman–Crippen MR) is 107 cm³/mol. The van der Waals surface area contributed by atoms with Gasteiger partial charge in [0.2, 0.25) is 5.91 Å². The SMILES string of the molecule is CC(C)c1ccc(NC(=O)COC(=O)c2ccccc2N2CCCC2=O)cc1. The van der Waals surface area contributed by atoms with Gasteiger partial charge in [-0.2, -0.15) is 0 Å². The Bertz CT molecular complexity index is 874. The van der Waals surface area contributed by atoms with Gasteiger partial charge in [0, 0.05) is 18.7 Å². The lowest BCUT2D eigenvalue weighted by molar-refractivity contribution is -0.119. The van der Waals surface area contributed by atoms with Crippen LogP contribution in [0.25, 0.3) is 0 Å². The Kier molecular flexibility index (Phi) is 6.09. The number of amides is 2. The first-order valence-electron chi connectivity index (χ1n) is 9.42. The maximum Gasteiger partial charge on any atom is 0.340 e. The first-order chi connectivity index (χ1) is 13.5. The third-order valence-electron chi connectivity index (χ3n) is 4.68. The molecule has 1 saturated heterocycles. The summed E-state index contributed by atoms with van der Waals surface area (Å²) in [5, 5.41) is 2.71. The van der Waals surface area contributed by atoms with E-state index in [0.717, 1.165) is 6.42 Å². The van der Waals surface area contributed by atoms with E-state index in [1.807, 2.05) is 24.3 Å². The highest BCUT2D eigenvalue weighted by Gasteiger charge is 2.26. The average molecular weight is 380 g/mol. The molecule has 0 spiro atoms. The molecule has 2 aromatic rings. The summed E-state index contributed by atoms with van der Waals surface area (Å²) in [5.74, 6) is -0.642. The molecule has 1 aliphatic heterocycles. The summed E-state index contributed by atoms with van der Waals surface area (Å²) in [6, 6.07) is 14.3. The summed E-state index contributed by atoms with van der Waals surface area (Å²) in [6.45, 7) is 4.38. The van der Waals surface area contributed by atoms with Crippen LogP contribution in [0.2, 0.25) is 0 Å². The molecule has 0 aliphatic carbocycles. The highest BCUT2D eigenvalue weighted by Crippen LogP contribution is 2.26. The molecule has 0 radical (unpaired) electrons. The maximum atomic E-state index is 12.5. The minimum absolute atomic E-state index is 0.0113. The molecule has 1 fully saturated rings. The molecule has 0 saturated carbocycles. The number of rotatable bonds is 6. The number of carbonyl (C=O) groups excluding carboxylic acids is 3. The van der Waals surface area contributed by atoms with Gasteiger partial charge in [-0.15, -0.1) is 0 Å². The topological polar surface area (TPSA) is 75.7 Å². The number of hydrogen-bond donors (Lipinski definition) is 1. The van der Waals surface area contributed by atoms with Gasteiger partial charge in [0.1, 0.15) is 0 Å². The van der Waals surface area contributed by atoms with E-state index < -0.39 is 18.5 Å². The number of hydrogen-bond acceptors (Lipinski definition) is 4. The molecule has 2 aromatic carbocycles. The first kappa shape index (κ1) is 19.6. The van der Waals surface area contributed by atoms with Crippen molar-refractivity contribution in [1.82, 2.24) is 0 Å². The fraction of sp³-hybridized carbons (Fsp3) is 0.318. The van der Waals surface area contributed by atoms with Crippen molar-refractivity contribution < 1.29 is 19.1 Å². The maximum absolute atomic E-state index is 12.5. The number of para-hydroxylation sites is 1. The highest BCUT2D eigenvalue weighted by atomic mass is 16.5. The second-order valence-electron chi connectivity index (χ2n) is 7.07. The number of benzene rings is 2. The van der Waals surface area contributed by atoms with Gasteiger partial charge in [0.25, 0.3) is 5.91 Å². The molecular weight excluding hydrogens is 356 g/mol. The molecule has 0 unspecified atom stereocenters. The second-order valence-corrected chi connectivity index (χ2v) is 7.07. The van der Waals surface area contributed by atoms with Gasteiger partial charge in [-0.3, -0.25) is 9.59 Å². The summed E-state index contributed by atoms with van der Waals surface area (Å²) in [5.41, 5.74) is 2.64. The summed E-state index contributed by atoms with van der Waals surface area (Å²) in [6.07, 6.45) is 1.24. The molecule has 1 N–H and O–H groups in total. The van der Waals surface area contributed by atoms with Crippen LogP contribution < -0.4 is 10.2 Å². The number of nitrogens with zero attached hydrogens (tertiary/aromatic N) is 1. The molecule has 1 heterocycles. The lowest BCUT2D eigenvalue weighted by Crippen LogP contribution is -2.27. The zero-order valence-electron chi connectivity index (χ0n) is 16.1. The third-order valence-corrected chi connectivity index (χ3v) is 4.68. The van der Waals surface area contributed by atoms with E-state index in [-0.39, 0.29) is 11.5 Å². The Morgan fingerprint density at radius 1 is 1.11 bits per heavy atom. The van der Waals surface area contributed by atoms with Crippen molar-refractivity contribution in [2.45, 2.75) is 32.6 Å². The van der Waals surface area contributed by atoms with Crippen molar-refractivity contribution in [1.29, 1.82) is 0 Å². The Morgan fingerprint density at radius 3 is 2.46 bits per heavy atom. The van der Waals surface area contributed by atoms with E-state index in [1.54, 1.807) is 29.2 Å². The van der Waals surface area contributed by atoms with Crippen molar-refractivity contribution in [2.75, 3.05) is 23.4 Å². The number of anilines is 2. The molecule has 3 rings (SSSR count). The Hall–Kier alpha value is -3.15. The summed E-state index contributed by atoms with van der Waals surface area (Å²) in [7, 11) is 0. The van der Waals surface area contributed by atoms with Gasteiger partial charge in [-0.1, -0.05) is 38.1 Å². The zero-order chi connectivity index (χ0) is 20.1. The van der Waals surface area contributed by atoms with E-state index in [4.69, 9.17) is 4.74 Å². The number of esters is 1. The fourth-order valence-electron chi connectivity index (χ4n) is 3.14. The van der Waals surface area contributed by atoms with Gasteiger partial charge in [0.15, 0.2) is 6.61 Å². The standard InChI is InChI=1S/C22H24N2O4/c1-15(2)16-9-11-17(12-10-16)23-20(25)14-28-22(27)18-6-3-4-7-19(18)24-13-5-8-21(24)26/h3-4,6-7,9-12,15H,5,8,13-14H2,1-2H3,(H,23,25). The molecule has 0 aromatic heterocycles. The minimum Gasteiger partial charge on any atom is -0.452 e. The van der Waals surface area contributed by atoms with Gasteiger partial charge < -0.3 is 15.0 Å². The molecule has 0 atom stereocenters. The predicted octanol–water partition coefficient (Wildman–Crippen LogP) is 3.73. The van der Waals surface area contributed by atoms with Crippen molar-refractivity contribution in [3.05, 3.63) is 59.7 Å². The second kappa shape index (κ2) is 8.69. The van der Waals surface area contributed by atoms with Crippen LogP contribution in [-0.4, -0.2) is 30.9 Å². The van der Waals surface area contributed by atoms with Gasteiger partial charge in [0.05, 0.1) is 11.3 Å². The lowest BCUT2D eigenvalue weighted by Gasteiger charge is -2.18. The first-order valence-corrected chi connectivity index (χ1v) is 9.42. The Labute approximate surface area is 164 Å². The van der Waals surface area contributed by atoms with Crippen molar-refractivity contribution in [3.8, 4) is 0 Å². The largest absolute Gasteiger partial charge is 0.452 e. The van der Waals surface area contributed by atoms with Crippen molar-refractivity contribution in [3.63, 3.8) is 0 Å². The molecule has 6 nitrogen and oxygen atoms in total. The lowest BCUT2D eigenvalue weighted by atomic mass is 10.0. The van der Waals surface area contributed by atoms with Gasteiger partial charge in [-0.25, -0.2) is 4.79 Å². The summed E-state index contributed by atoms with van der Waals surface area (Å²) < 4.78 is 5.17. The number of carbonyl (C=O) groups is 3. The summed E-state index contributed by atoms with van der Waals surface area (Å²) in [4.78, 5) is 38.2. The molecular formula is C22H24N2O4. The van der Waals surface area contributed by atoms with Crippen LogP contribution in [0.15, 0.2) is 48.5 Å². The fourth-order valence-corrected chi connectivity index (χ4v) is 3.14.